The molecular formula is C12H11BrO3. The van der Waals surface area contributed by atoms with Gasteiger partial charge in [-0.15, -0.1) is 0 Å². The largest absolute Gasteiger partial charge is 0.506 e. The van der Waals surface area contributed by atoms with Gasteiger partial charge in [0.2, 0.25) is 0 Å². The van der Waals surface area contributed by atoms with Gasteiger partial charge in [-0.2, -0.15) is 0 Å². The van der Waals surface area contributed by atoms with Crippen LogP contribution in [-0.2, 0) is 0 Å². The summed E-state index contributed by atoms with van der Waals surface area (Å²) in [6.07, 6.45) is 0. The van der Waals surface area contributed by atoms with Gasteiger partial charge in [0, 0.05) is 5.39 Å². The van der Waals surface area contributed by atoms with E-state index in [1.54, 1.807) is 26.4 Å². The molecule has 16 heavy (non-hydrogen) atoms. The maximum Gasteiger partial charge on any atom is 0.141 e. The van der Waals surface area contributed by atoms with Gasteiger partial charge in [-0.1, -0.05) is 12.1 Å². The van der Waals surface area contributed by atoms with Crippen molar-refractivity contribution in [2.24, 2.45) is 0 Å². The highest BCUT2D eigenvalue weighted by Gasteiger charge is 2.13. The lowest BCUT2D eigenvalue weighted by atomic mass is 10.1. The Morgan fingerprint density at radius 2 is 1.81 bits per heavy atom. The molecule has 2 aromatic rings. The molecule has 0 heterocycles. The molecule has 0 aliphatic heterocycles. The van der Waals surface area contributed by atoms with Crippen LogP contribution in [0.4, 0.5) is 0 Å². The van der Waals surface area contributed by atoms with E-state index in [0.29, 0.717) is 21.4 Å². The van der Waals surface area contributed by atoms with E-state index in [0.717, 1.165) is 5.39 Å². The van der Waals surface area contributed by atoms with Crippen molar-refractivity contribution in [2.75, 3.05) is 14.2 Å². The minimum Gasteiger partial charge on any atom is -0.506 e. The van der Waals surface area contributed by atoms with E-state index >= 15 is 0 Å². The molecule has 0 fully saturated rings. The number of phenols is 1. The minimum absolute atomic E-state index is 0.160. The summed E-state index contributed by atoms with van der Waals surface area (Å²) < 4.78 is 11.1. The van der Waals surface area contributed by atoms with Crippen molar-refractivity contribution in [3.05, 3.63) is 28.7 Å². The van der Waals surface area contributed by atoms with Crippen molar-refractivity contribution in [1.29, 1.82) is 0 Å². The molecule has 3 nitrogen and oxygen atoms in total. The molecule has 0 saturated heterocycles. The van der Waals surface area contributed by atoms with Crippen LogP contribution in [0.15, 0.2) is 28.7 Å². The molecule has 0 aromatic heterocycles. The Morgan fingerprint density at radius 3 is 2.44 bits per heavy atom. The third-order valence-corrected chi connectivity index (χ3v) is 3.06. The summed E-state index contributed by atoms with van der Waals surface area (Å²) in [5, 5.41) is 11.5. The van der Waals surface area contributed by atoms with E-state index in [9.17, 15) is 5.11 Å². The number of aromatic hydroxyl groups is 1. The van der Waals surface area contributed by atoms with Gasteiger partial charge in [0.25, 0.3) is 0 Å². The van der Waals surface area contributed by atoms with Crippen LogP contribution in [0.5, 0.6) is 17.2 Å². The van der Waals surface area contributed by atoms with Gasteiger partial charge in [0.15, 0.2) is 0 Å². The SMILES string of the molecule is COc1cc(Br)c(O)c2c(OC)cccc12. The van der Waals surface area contributed by atoms with Crippen molar-refractivity contribution in [1.82, 2.24) is 0 Å². The lowest BCUT2D eigenvalue weighted by Gasteiger charge is -2.11. The zero-order valence-electron chi connectivity index (χ0n) is 8.95. The molecule has 0 spiro atoms. The van der Waals surface area contributed by atoms with E-state index in [2.05, 4.69) is 15.9 Å². The molecule has 2 rings (SSSR count). The summed E-state index contributed by atoms with van der Waals surface area (Å²) in [5.41, 5.74) is 0. The first kappa shape index (κ1) is 11.1. The second-order valence-electron chi connectivity index (χ2n) is 3.29. The average molecular weight is 283 g/mol. The quantitative estimate of drug-likeness (QED) is 0.918. The molecule has 0 aliphatic rings. The molecule has 4 heteroatoms. The molecule has 0 saturated carbocycles. The van der Waals surface area contributed by atoms with Crippen LogP contribution in [0.1, 0.15) is 0 Å². The molecule has 0 atom stereocenters. The van der Waals surface area contributed by atoms with Crippen LogP contribution >= 0.6 is 15.9 Å². The number of rotatable bonds is 2. The summed E-state index contributed by atoms with van der Waals surface area (Å²) in [6, 6.07) is 7.27. The Labute approximate surface area is 102 Å². The second kappa shape index (κ2) is 4.22. The van der Waals surface area contributed by atoms with Crippen LogP contribution < -0.4 is 9.47 Å². The van der Waals surface area contributed by atoms with Gasteiger partial charge in [-0.05, 0) is 28.1 Å². The first-order chi connectivity index (χ1) is 7.69. The van der Waals surface area contributed by atoms with Crippen molar-refractivity contribution in [3.8, 4) is 17.2 Å². The van der Waals surface area contributed by atoms with E-state index < -0.39 is 0 Å². The van der Waals surface area contributed by atoms with Crippen molar-refractivity contribution in [3.63, 3.8) is 0 Å². The number of hydrogen-bond donors (Lipinski definition) is 1. The number of ether oxygens (including phenoxy) is 2. The van der Waals surface area contributed by atoms with E-state index in [4.69, 9.17) is 9.47 Å². The van der Waals surface area contributed by atoms with Crippen LogP contribution in [0.25, 0.3) is 10.8 Å². The summed E-state index contributed by atoms with van der Waals surface area (Å²) >= 11 is 3.29. The van der Waals surface area contributed by atoms with Crippen LogP contribution in [-0.4, -0.2) is 19.3 Å². The fourth-order valence-electron chi connectivity index (χ4n) is 1.70. The Bertz CT molecular complexity index is 535. The molecular weight excluding hydrogens is 272 g/mol. The molecule has 0 amide bonds. The molecule has 0 aliphatic carbocycles. The number of phenolic OH excluding ortho intramolecular Hbond substituents is 1. The Kier molecular flexibility index (Phi) is 2.92. The average Bonchev–Trinajstić information content (AvgIpc) is 2.32. The molecule has 0 radical (unpaired) electrons. The Hall–Kier alpha value is -1.42. The van der Waals surface area contributed by atoms with Crippen molar-refractivity contribution in [2.45, 2.75) is 0 Å². The van der Waals surface area contributed by atoms with Gasteiger partial charge < -0.3 is 14.6 Å². The number of hydrogen-bond acceptors (Lipinski definition) is 3. The van der Waals surface area contributed by atoms with Gasteiger partial charge >= 0.3 is 0 Å². The topological polar surface area (TPSA) is 38.7 Å². The molecule has 1 N–H and O–H groups in total. The summed E-state index contributed by atoms with van der Waals surface area (Å²) in [7, 11) is 3.17. The predicted molar refractivity (Wildman–Crippen MR) is 66.4 cm³/mol. The second-order valence-corrected chi connectivity index (χ2v) is 4.15. The van der Waals surface area contributed by atoms with E-state index in [1.807, 2.05) is 12.1 Å². The van der Waals surface area contributed by atoms with Gasteiger partial charge in [0.05, 0.1) is 24.1 Å². The van der Waals surface area contributed by atoms with Crippen molar-refractivity contribution < 1.29 is 14.6 Å². The standard InChI is InChI=1S/C12H11BrO3/c1-15-9-5-3-4-7-10(16-2)6-8(13)12(14)11(7)9/h3-6,14H,1-2H3. The van der Waals surface area contributed by atoms with E-state index in [1.165, 1.54) is 0 Å². The first-order valence-electron chi connectivity index (χ1n) is 4.71. The predicted octanol–water partition coefficient (Wildman–Crippen LogP) is 3.33. The van der Waals surface area contributed by atoms with Gasteiger partial charge in [-0.25, -0.2) is 0 Å². The zero-order valence-corrected chi connectivity index (χ0v) is 10.5. The highest BCUT2D eigenvalue weighted by atomic mass is 79.9. The molecule has 2 aromatic carbocycles. The summed E-state index contributed by atoms with van der Waals surface area (Å²) in [6.45, 7) is 0. The number of halogens is 1. The highest BCUT2D eigenvalue weighted by molar-refractivity contribution is 9.10. The third-order valence-electron chi connectivity index (χ3n) is 2.45. The summed E-state index contributed by atoms with van der Waals surface area (Å²) in [5.74, 6) is 1.47. The smallest absolute Gasteiger partial charge is 0.141 e. The van der Waals surface area contributed by atoms with Gasteiger partial charge in [-0.3, -0.25) is 0 Å². The number of methoxy groups -OCH3 is 2. The normalized spacial score (nSPS) is 10.4. The van der Waals surface area contributed by atoms with Crippen LogP contribution in [0.2, 0.25) is 0 Å². The zero-order chi connectivity index (χ0) is 11.7. The Morgan fingerprint density at radius 1 is 1.12 bits per heavy atom. The fraction of sp³-hybridized carbons (Fsp3) is 0.167. The number of fused-ring (bicyclic) bond motifs is 1. The van der Waals surface area contributed by atoms with E-state index in [-0.39, 0.29) is 5.75 Å². The summed E-state index contributed by atoms with van der Waals surface area (Å²) in [4.78, 5) is 0. The minimum atomic E-state index is 0.160. The molecule has 0 unspecified atom stereocenters. The highest BCUT2D eigenvalue weighted by Crippen LogP contribution is 2.43. The Balaban J connectivity index is 2.92. The van der Waals surface area contributed by atoms with Crippen LogP contribution in [0, 0.1) is 0 Å². The monoisotopic (exact) mass is 282 g/mol. The molecule has 0 bridgehead atoms. The van der Waals surface area contributed by atoms with Crippen LogP contribution in [0.3, 0.4) is 0 Å². The molecule has 84 valence electrons. The first-order valence-corrected chi connectivity index (χ1v) is 5.50. The van der Waals surface area contributed by atoms with Gasteiger partial charge in [0.1, 0.15) is 17.2 Å². The maximum atomic E-state index is 10.0. The maximum absolute atomic E-state index is 10.0. The fourth-order valence-corrected chi connectivity index (χ4v) is 2.11. The number of benzene rings is 2. The third kappa shape index (κ3) is 1.59. The lowest BCUT2D eigenvalue weighted by Crippen LogP contribution is -1.89. The lowest BCUT2D eigenvalue weighted by molar-refractivity contribution is 0.410. The van der Waals surface area contributed by atoms with Crippen molar-refractivity contribution >= 4 is 26.7 Å².